The molecule has 1 N–H and O–H groups in total. The first-order valence-electron chi connectivity index (χ1n) is 7.21. The number of phenolic OH excluding ortho intramolecular Hbond substituents is 1. The zero-order chi connectivity index (χ0) is 14.6. The van der Waals surface area contributed by atoms with Crippen molar-refractivity contribution in [1.82, 2.24) is 0 Å². The standard InChI is InChI=1S/C17H22O3/c1-3-8-13-9-7-10-14(18)15(13)16(19)20-17(2)11-5-4-6-12-17/h3,7,9-10,18H,1,4-6,8,11-12H2,2H3. The van der Waals surface area contributed by atoms with Gasteiger partial charge in [0.2, 0.25) is 0 Å². The van der Waals surface area contributed by atoms with Crippen LogP contribution in [0.4, 0.5) is 0 Å². The van der Waals surface area contributed by atoms with Crippen molar-refractivity contribution < 1.29 is 14.6 Å². The summed E-state index contributed by atoms with van der Waals surface area (Å²) in [6.07, 6.45) is 7.41. The maximum absolute atomic E-state index is 12.4. The van der Waals surface area contributed by atoms with Crippen LogP contribution in [0.2, 0.25) is 0 Å². The van der Waals surface area contributed by atoms with Gasteiger partial charge >= 0.3 is 5.97 Å². The number of hydrogen-bond acceptors (Lipinski definition) is 3. The van der Waals surface area contributed by atoms with E-state index in [9.17, 15) is 9.90 Å². The number of ether oxygens (including phenoxy) is 1. The third kappa shape index (κ3) is 3.21. The summed E-state index contributed by atoms with van der Waals surface area (Å²) >= 11 is 0. The third-order valence-corrected chi connectivity index (χ3v) is 3.95. The van der Waals surface area contributed by atoms with E-state index in [0.29, 0.717) is 6.42 Å². The summed E-state index contributed by atoms with van der Waals surface area (Å²) < 4.78 is 5.70. The van der Waals surface area contributed by atoms with E-state index < -0.39 is 11.6 Å². The maximum Gasteiger partial charge on any atom is 0.342 e. The minimum atomic E-state index is -0.427. The highest BCUT2D eigenvalue weighted by Crippen LogP contribution is 2.33. The number of esters is 1. The highest BCUT2D eigenvalue weighted by molar-refractivity contribution is 5.94. The van der Waals surface area contributed by atoms with E-state index in [2.05, 4.69) is 6.58 Å². The van der Waals surface area contributed by atoms with Crippen LogP contribution in [0.5, 0.6) is 5.75 Å². The molecule has 0 unspecified atom stereocenters. The van der Waals surface area contributed by atoms with Crippen LogP contribution in [-0.2, 0) is 11.2 Å². The minimum Gasteiger partial charge on any atom is -0.507 e. The SMILES string of the molecule is C=CCc1cccc(O)c1C(=O)OC1(C)CCCCC1. The molecule has 0 radical (unpaired) electrons. The number of aromatic hydroxyl groups is 1. The van der Waals surface area contributed by atoms with Gasteiger partial charge in [0.1, 0.15) is 16.9 Å². The van der Waals surface area contributed by atoms with Crippen LogP contribution < -0.4 is 0 Å². The second-order valence-electron chi connectivity index (χ2n) is 5.70. The Balaban J connectivity index is 2.22. The number of phenols is 1. The highest BCUT2D eigenvalue weighted by atomic mass is 16.6. The summed E-state index contributed by atoms with van der Waals surface area (Å²) in [6.45, 7) is 5.67. The van der Waals surface area contributed by atoms with E-state index >= 15 is 0 Å². The van der Waals surface area contributed by atoms with E-state index in [1.54, 1.807) is 12.1 Å². The molecule has 1 aromatic carbocycles. The molecule has 0 aromatic heterocycles. The molecule has 0 heterocycles. The monoisotopic (exact) mass is 274 g/mol. The molecule has 0 bridgehead atoms. The fourth-order valence-electron chi connectivity index (χ4n) is 2.82. The fraction of sp³-hybridized carbons (Fsp3) is 0.471. The molecule has 0 atom stereocenters. The molecule has 2 rings (SSSR count). The van der Waals surface area contributed by atoms with Crippen LogP contribution in [0.3, 0.4) is 0 Å². The average molecular weight is 274 g/mol. The number of carbonyl (C=O) groups excluding carboxylic acids is 1. The van der Waals surface area contributed by atoms with Gasteiger partial charge in [0.15, 0.2) is 0 Å². The van der Waals surface area contributed by atoms with Gasteiger partial charge in [0, 0.05) is 0 Å². The molecule has 1 fully saturated rings. The Hall–Kier alpha value is -1.77. The lowest BCUT2D eigenvalue weighted by Gasteiger charge is -2.33. The number of rotatable bonds is 4. The molecule has 0 aliphatic heterocycles. The van der Waals surface area contributed by atoms with Crippen LogP contribution in [0, 0.1) is 0 Å². The number of hydrogen-bond donors (Lipinski definition) is 1. The van der Waals surface area contributed by atoms with Crippen LogP contribution in [0.1, 0.15) is 54.9 Å². The van der Waals surface area contributed by atoms with Crippen molar-refractivity contribution in [3.05, 3.63) is 42.0 Å². The Morgan fingerprint density at radius 2 is 2.10 bits per heavy atom. The topological polar surface area (TPSA) is 46.5 Å². The molecule has 1 aromatic rings. The minimum absolute atomic E-state index is 0.0197. The summed E-state index contributed by atoms with van der Waals surface area (Å²) in [4.78, 5) is 12.4. The van der Waals surface area contributed by atoms with E-state index in [0.717, 1.165) is 31.2 Å². The molecule has 20 heavy (non-hydrogen) atoms. The normalized spacial score (nSPS) is 17.4. The molecule has 1 saturated carbocycles. The predicted octanol–water partition coefficient (Wildman–Crippen LogP) is 4.00. The number of allylic oxidation sites excluding steroid dienone is 1. The molecule has 108 valence electrons. The zero-order valence-corrected chi connectivity index (χ0v) is 12.0. The van der Waals surface area contributed by atoms with Crippen molar-refractivity contribution in [3.63, 3.8) is 0 Å². The largest absolute Gasteiger partial charge is 0.507 e. The molecule has 3 nitrogen and oxygen atoms in total. The van der Waals surface area contributed by atoms with E-state index in [4.69, 9.17) is 4.74 Å². The summed E-state index contributed by atoms with van der Waals surface area (Å²) in [5, 5.41) is 9.97. The number of benzene rings is 1. The molecular formula is C17H22O3. The second-order valence-corrected chi connectivity index (χ2v) is 5.70. The van der Waals surface area contributed by atoms with Gasteiger partial charge < -0.3 is 9.84 Å². The fourth-order valence-corrected chi connectivity index (χ4v) is 2.82. The Bertz CT molecular complexity index is 499. The van der Waals surface area contributed by atoms with Gasteiger partial charge in [-0.05, 0) is 50.7 Å². The van der Waals surface area contributed by atoms with Gasteiger partial charge in [0.25, 0.3) is 0 Å². The van der Waals surface area contributed by atoms with Crippen molar-refractivity contribution in [2.75, 3.05) is 0 Å². The summed E-state index contributed by atoms with van der Waals surface area (Å²) in [6, 6.07) is 5.07. The lowest BCUT2D eigenvalue weighted by atomic mass is 9.86. The van der Waals surface area contributed by atoms with Crippen molar-refractivity contribution >= 4 is 5.97 Å². The molecule has 1 aliphatic carbocycles. The van der Waals surface area contributed by atoms with Crippen molar-refractivity contribution in [3.8, 4) is 5.75 Å². The lowest BCUT2D eigenvalue weighted by Crippen LogP contribution is -2.34. The summed E-state index contributed by atoms with van der Waals surface area (Å²) in [5.41, 5.74) is 0.631. The number of carbonyl (C=O) groups is 1. The Morgan fingerprint density at radius 1 is 1.40 bits per heavy atom. The van der Waals surface area contributed by atoms with Crippen molar-refractivity contribution in [2.24, 2.45) is 0 Å². The second kappa shape index (κ2) is 6.12. The summed E-state index contributed by atoms with van der Waals surface area (Å²) in [5.74, 6) is -0.446. The third-order valence-electron chi connectivity index (χ3n) is 3.95. The predicted molar refractivity (Wildman–Crippen MR) is 78.9 cm³/mol. The quantitative estimate of drug-likeness (QED) is 0.666. The van der Waals surface area contributed by atoms with E-state index in [-0.39, 0.29) is 11.3 Å². The molecule has 1 aliphatic rings. The van der Waals surface area contributed by atoms with Gasteiger partial charge in [-0.1, -0.05) is 24.6 Å². The lowest BCUT2D eigenvalue weighted by molar-refractivity contribution is -0.0272. The van der Waals surface area contributed by atoms with Crippen LogP contribution in [0.15, 0.2) is 30.9 Å². The van der Waals surface area contributed by atoms with Crippen LogP contribution in [0.25, 0.3) is 0 Å². The molecule has 0 amide bonds. The summed E-state index contributed by atoms with van der Waals surface area (Å²) in [7, 11) is 0. The Kier molecular flexibility index (Phi) is 4.48. The van der Waals surface area contributed by atoms with Gasteiger partial charge in [-0.15, -0.1) is 6.58 Å². The maximum atomic E-state index is 12.4. The highest BCUT2D eigenvalue weighted by Gasteiger charge is 2.32. The van der Waals surface area contributed by atoms with Crippen LogP contribution in [-0.4, -0.2) is 16.7 Å². The van der Waals surface area contributed by atoms with E-state index in [1.807, 2.05) is 13.0 Å². The Labute approximate surface area is 120 Å². The van der Waals surface area contributed by atoms with Gasteiger partial charge in [-0.2, -0.15) is 0 Å². The first-order chi connectivity index (χ1) is 9.56. The molecule has 3 heteroatoms. The molecule has 0 spiro atoms. The van der Waals surface area contributed by atoms with E-state index in [1.165, 1.54) is 12.5 Å². The van der Waals surface area contributed by atoms with Gasteiger partial charge in [-0.25, -0.2) is 4.79 Å². The van der Waals surface area contributed by atoms with Crippen molar-refractivity contribution in [1.29, 1.82) is 0 Å². The first-order valence-corrected chi connectivity index (χ1v) is 7.21. The van der Waals surface area contributed by atoms with Gasteiger partial charge in [-0.3, -0.25) is 0 Å². The van der Waals surface area contributed by atoms with Gasteiger partial charge in [0.05, 0.1) is 0 Å². The zero-order valence-electron chi connectivity index (χ0n) is 12.0. The molecular weight excluding hydrogens is 252 g/mol. The Morgan fingerprint density at radius 3 is 2.75 bits per heavy atom. The smallest absolute Gasteiger partial charge is 0.342 e. The van der Waals surface area contributed by atoms with Crippen LogP contribution >= 0.6 is 0 Å². The average Bonchev–Trinajstić information content (AvgIpc) is 2.39. The first kappa shape index (κ1) is 14.6. The molecule has 0 saturated heterocycles. The van der Waals surface area contributed by atoms with Crippen molar-refractivity contribution in [2.45, 2.75) is 51.0 Å².